The Kier molecular flexibility index (Phi) is 3.61. The van der Waals surface area contributed by atoms with E-state index >= 15 is 0 Å². The van der Waals surface area contributed by atoms with E-state index in [0.717, 1.165) is 17.3 Å². The highest BCUT2D eigenvalue weighted by atomic mass is 32.1. The molecular weight excluding hydrogens is 222 g/mol. The molecule has 0 saturated heterocycles. The molecule has 2 N–H and O–H groups in total. The van der Waals surface area contributed by atoms with Crippen molar-refractivity contribution in [3.05, 3.63) is 21.9 Å². The summed E-state index contributed by atoms with van der Waals surface area (Å²) in [5.41, 5.74) is 0. The number of carboxylic acid groups (broad SMARTS) is 1. The van der Waals surface area contributed by atoms with Crippen LogP contribution in [0.1, 0.15) is 29.5 Å². The van der Waals surface area contributed by atoms with Gasteiger partial charge in [0.05, 0.1) is 6.42 Å². The minimum absolute atomic E-state index is 0.144. The number of carboxylic acids is 1. The van der Waals surface area contributed by atoms with Gasteiger partial charge >= 0.3 is 5.97 Å². The average Bonchev–Trinajstić information content (AvgIpc) is 2.57. The highest BCUT2D eigenvalue weighted by Gasteiger charge is 2.24. The van der Waals surface area contributed by atoms with Crippen molar-refractivity contribution in [2.45, 2.75) is 38.8 Å². The summed E-state index contributed by atoms with van der Waals surface area (Å²) in [4.78, 5) is 12.7. The Morgan fingerprint density at radius 1 is 1.50 bits per heavy atom. The van der Waals surface area contributed by atoms with Crippen molar-refractivity contribution < 1.29 is 9.90 Å². The molecular formula is C12H17NO2S. The Morgan fingerprint density at radius 3 is 2.81 bits per heavy atom. The van der Waals surface area contributed by atoms with Crippen molar-refractivity contribution >= 4 is 17.3 Å². The molecule has 0 spiro atoms. The molecule has 0 aromatic carbocycles. The van der Waals surface area contributed by atoms with Gasteiger partial charge in [0.15, 0.2) is 0 Å². The lowest BCUT2D eigenvalue weighted by molar-refractivity contribution is -0.136. The molecule has 1 aromatic rings. The molecule has 1 aliphatic carbocycles. The highest BCUT2D eigenvalue weighted by Crippen LogP contribution is 2.27. The van der Waals surface area contributed by atoms with Crippen molar-refractivity contribution in [2.75, 3.05) is 0 Å². The number of rotatable bonds is 5. The molecule has 0 aliphatic heterocycles. The molecule has 3 nitrogen and oxygen atoms in total. The van der Waals surface area contributed by atoms with E-state index in [1.165, 1.54) is 17.7 Å². The third-order valence-electron chi connectivity index (χ3n) is 2.98. The molecule has 1 saturated carbocycles. The summed E-state index contributed by atoms with van der Waals surface area (Å²) in [5.74, 6) is 0.109. The maximum absolute atomic E-state index is 10.5. The molecule has 1 aliphatic rings. The van der Waals surface area contributed by atoms with Gasteiger partial charge in [-0.05, 0) is 30.9 Å². The van der Waals surface area contributed by atoms with E-state index in [0.29, 0.717) is 6.04 Å². The van der Waals surface area contributed by atoms with Crippen LogP contribution in [0.4, 0.5) is 0 Å². The number of nitrogens with one attached hydrogen (secondary N) is 1. The lowest BCUT2D eigenvalue weighted by Crippen LogP contribution is -2.39. The zero-order chi connectivity index (χ0) is 11.5. The van der Waals surface area contributed by atoms with Gasteiger partial charge < -0.3 is 10.4 Å². The summed E-state index contributed by atoms with van der Waals surface area (Å²) < 4.78 is 0. The Balaban J connectivity index is 1.76. The summed E-state index contributed by atoms with van der Waals surface area (Å²) in [6.07, 6.45) is 2.69. The van der Waals surface area contributed by atoms with E-state index in [1.807, 2.05) is 12.1 Å². The summed E-state index contributed by atoms with van der Waals surface area (Å²) in [5, 5.41) is 12.2. The lowest BCUT2D eigenvalue weighted by Gasteiger charge is -2.33. The van der Waals surface area contributed by atoms with Crippen molar-refractivity contribution in [3.63, 3.8) is 0 Å². The van der Waals surface area contributed by atoms with Gasteiger partial charge in [-0.1, -0.05) is 6.92 Å². The third-order valence-corrected chi connectivity index (χ3v) is 4.07. The molecule has 2 rings (SSSR count). The summed E-state index contributed by atoms with van der Waals surface area (Å²) >= 11 is 1.60. The summed E-state index contributed by atoms with van der Waals surface area (Å²) in [7, 11) is 0. The first-order valence-corrected chi connectivity index (χ1v) is 6.48. The number of hydrogen-bond donors (Lipinski definition) is 2. The minimum Gasteiger partial charge on any atom is -0.481 e. The molecule has 4 heteroatoms. The van der Waals surface area contributed by atoms with Gasteiger partial charge in [-0.2, -0.15) is 0 Å². The van der Waals surface area contributed by atoms with Crippen LogP contribution < -0.4 is 5.32 Å². The first-order valence-electron chi connectivity index (χ1n) is 5.66. The van der Waals surface area contributed by atoms with Crippen molar-refractivity contribution in [1.29, 1.82) is 0 Å². The van der Waals surface area contributed by atoms with Gasteiger partial charge in [-0.15, -0.1) is 11.3 Å². The second-order valence-corrected chi connectivity index (χ2v) is 5.85. The molecule has 0 atom stereocenters. The Morgan fingerprint density at radius 2 is 2.19 bits per heavy atom. The van der Waals surface area contributed by atoms with Crippen LogP contribution >= 0.6 is 11.3 Å². The first kappa shape index (κ1) is 11.6. The van der Waals surface area contributed by atoms with Crippen LogP contribution in [0.2, 0.25) is 0 Å². The summed E-state index contributed by atoms with van der Waals surface area (Å²) in [6, 6.07) is 4.61. The predicted molar refractivity (Wildman–Crippen MR) is 64.7 cm³/mol. The van der Waals surface area contributed by atoms with Gasteiger partial charge in [0, 0.05) is 22.3 Å². The van der Waals surface area contributed by atoms with Crippen LogP contribution in [-0.2, 0) is 17.8 Å². The zero-order valence-electron chi connectivity index (χ0n) is 9.40. The Hall–Kier alpha value is -0.870. The van der Waals surface area contributed by atoms with Crippen LogP contribution in [0.3, 0.4) is 0 Å². The van der Waals surface area contributed by atoms with Gasteiger partial charge in [0.1, 0.15) is 0 Å². The van der Waals surface area contributed by atoms with E-state index in [-0.39, 0.29) is 6.42 Å². The van der Waals surface area contributed by atoms with Crippen LogP contribution in [0.5, 0.6) is 0 Å². The third kappa shape index (κ3) is 3.06. The quantitative estimate of drug-likeness (QED) is 0.828. The number of thiophene rings is 1. The molecule has 0 unspecified atom stereocenters. The largest absolute Gasteiger partial charge is 0.481 e. The maximum Gasteiger partial charge on any atom is 0.308 e. The molecule has 16 heavy (non-hydrogen) atoms. The normalized spacial score (nSPS) is 24.1. The second-order valence-electron chi connectivity index (χ2n) is 4.59. The topological polar surface area (TPSA) is 49.3 Å². The van der Waals surface area contributed by atoms with E-state index in [4.69, 9.17) is 5.11 Å². The SMILES string of the molecule is CC1CC(NCc2ccc(CC(=O)O)s2)C1. The number of aliphatic carboxylic acids is 1. The minimum atomic E-state index is -0.755. The van der Waals surface area contributed by atoms with Gasteiger partial charge in [-0.25, -0.2) is 0 Å². The number of carbonyl (C=O) groups is 1. The Bertz CT molecular complexity index is 369. The van der Waals surface area contributed by atoms with Gasteiger partial charge in [0.2, 0.25) is 0 Å². The second kappa shape index (κ2) is 4.97. The predicted octanol–water partition coefficient (Wildman–Crippen LogP) is 2.26. The number of hydrogen-bond acceptors (Lipinski definition) is 3. The first-order chi connectivity index (χ1) is 7.63. The molecule has 1 heterocycles. The van der Waals surface area contributed by atoms with E-state index in [2.05, 4.69) is 12.2 Å². The molecule has 1 aromatic heterocycles. The summed E-state index contributed by atoms with van der Waals surface area (Å²) in [6.45, 7) is 3.15. The van der Waals surface area contributed by atoms with Crippen molar-refractivity contribution in [1.82, 2.24) is 5.32 Å². The molecule has 0 amide bonds. The molecule has 0 radical (unpaired) electrons. The van der Waals surface area contributed by atoms with Crippen LogP contribution in [0, 0.1) is 5.92 Å². The van der Waals surface area contributed by atoms with Crippen LogP contribution in [-0.4, -0.2) is 17.1 Å². The fourth-order valence-corrected chi connectivity index (χ4v) is 3.04. The average molecular weight is 239 g/mol. The fourth-order valence-electron chi connectivity index (χ4n) is 2.08. The zero-order valence-corrected chi connectivity index (χ0v) is 10.2. The van der Waals surface area contributed by atoms with Crippen LogP contribution in [0.15, 0.2) is 12.1 Å². The van der Waals surface area contributed by atoms with Crippen LogP contribution in [0.25, 0.3) is 0 Å². The molecule has 1 fully saturated rings. The lowest BCUT2D eigenvalue weighted by atomic mass is 9.82. The Labute approximate surface area is 99.5 Å². The van der Waals surface area contributed by atoms with E-state index in [9.17, 15) is 4.79 Å². The monoisotopic (exact) mass is 239 g/mol. The maximum atomic E-state index is 10.5. The highest BCUT2D eigenvalue weighted by molar-refractivity contribution is 7.12. The van der Waals surface area contributed by atoms with Gasteiger partial charge in [-0.3, -0.25) is 4.79 Å². The molecule has 88 valence electrons. The fraction of sp³-hybridized carbons (Fsp3) is 0.583. The molecule has 0 bridgehead atoms. The van der Waals surface area contributed by atoms with Gasteiger partial charge in [0.25, 0.3) is 0 Å². The standard InChI is InChI=1S/C12H17NO2S/c1-8-4-9(5-8)13-7-11-3-2-10(16-11)6-12(14)15/h2-3,8-9,13H,4-7H2,1H3,(H,14,15). The van der Waals surface area contributed by atoms with Crippen molar-refractivity contribution in [3.8, 4) is 0 Å². The van der Waals surface area contributed by atoms with Crippen molar-refractivity contribution in [2.24, 2.45) is 5.92 Å². The van der Waals surface area contributed by atoms with E-state index < -0.39 is 5.97 Å². The smallest absolute Gasteiger partial charge is 0.308 e. The van der Waals surface area contributed by atoms with E-state index in [1.54, 1.807) is 11.3 Å².